The Balaban J connectivity index is 1.70. The zero-order valence-electron chi connectivity index (χ0n) is 12.9. The van der Waals surface area contributed by atoms with Crippen LogP contribution in [0.25, 0.3) is 0 Å². The molecule has 0 unspecified atom stereocenters. The highest BCUT2D eigenvalue weighted by Gasteiger charge is 2.21. The number of aromatic nitrogens is 2. The minimum absolute atomic E-state index is 0.534. The van der Waals surface area contributed by atoms with Gasteiger partial charge >= 0.3 is 0 Å². The van der Waals surface area contributed by atoms with Gasteiger partial charge in [0.25, 0.3) is 5.19 Å². The highest BCUT2D eigenvalue weighted by molar-refractivity contribution is 7.13. The van der Waals surface area contributed by atoms with E-state index in [0.29, 0.717) is 29.9 Å². The predicted molar refractivity (Wildman–Crippen MR) is 82.2 cm³/mol. The van der Waals surface area contributed by atoms with Gasteiger partial charge in [-0.05, 0) is 40.5 Å². The fourth-order valence-electron chi connectivity index (χ4n) is 2.24. The van der Waals surface area contributed by atoms with Gasteiger partial charge in [-0.25, -0.2) is 0 Å². The van der Waals surface area contributed by atoms with Crippen molar-refractivity contribution in [2.24, 2.45) is 0 Å². The molecule has 1 fully saturated rings. The molecule has 1 heterocycles. The molecular formula is C14H26N4OS. The van der Waals surface area contributed by atoms with E-state index in [-0.39, 0.29) is 0 Å². The van der Waals surface area contributed by atoms with Crippen molar-refractivity contribution >= 4 is 11.3 Å². The fourth-order valence-corrected chi connectivity index (χ4v) is 2.90. The van der Waals surface area contributed by atoms with E-state index in [0.717, 1.165) is 18.1 Å². The molecule has 1 aliphatic rings. The Hall–Kier alpha value is -0.720. The van der Waals surface area contributed by atoms with Crippen LogP contribution in [0.2, 0.25) is 0 Å². The summed E-state index contributed by atoms with van der Waals surface area (Å²) >= 11 is 1.55. The Morgan fingerprint density at radius 2 is 1.95 bits per heavy atom. The molecule has 6 heteroatoms. The molecule has 1 aromatic rings. The number of nitrogens with zero attached hydrogens (tertiary/aromatic N) is 3. The third-order valence-electron chi connectivity index (χ3n) is 3.47. The molecule has 114 valence electrons. The number of hydrogen-bond acceptors (Lipinski definition) is 6. The Morgan fingerprint density at radius 1 is 1.25 bits per heavy atom. The van der Waals surface area contributed by atoms with Gasteiger partial charge in [0.15, 0.2) is 0 Å². The second-order valence-electron chi connectivity index (χ2n) is 5.89. The molecule has 0 aromatic carbocycles. The largest absolute Gasteiger partial charge is 0.468 e. The minimum atomic E-state index is 0.534. The summed E-state index contributed by atoms with van der Waals surface area (Å²) in [5, 5.41) is 13.4. The van der Waals surface area contributed by atoms with Gasteiger partial charge in [0.05, 0.1) is 6.54 Å². The van der Waals surface area contributed by atoms with E-state index >= 15 is 0 Å². The van der Waals surface area contributed by atoms with Gasteiger partial charge in [0.2, 0.25) is 0 Å². The van der Waals surface area contributed by atoms with Crippen molar-refractivity contribution in [2.75, 3.05) is 13.2 Å². The summed E-state index contributed by atoms with van der Waals surface area (Å²) in [5.41, 5.74) is 0. The Bertz CT molecular complexity index is 396. The highest BCUT2D eigenvalue weighted by atomic mass is 32.1. The minimum Gasteiger partial charge on any atom is -0.468 e. The first kappa shape index (κ1) is 15.7. The van der Waals surface area contributed by atoms with Crippen LogP contribution in [0.5, 0.6) is 5.19 Å². The number of hydrogen-bond donors (Lipinski definition) is 1. The zero-order chi connectivity index (χ0) is 14.5. The molecule has 1 aliphatic carbocycles. The monoisotopic (exact) mass is 298 g/mol. The van der Waals surface area contributed by atoms with Gasteiger partial charge in [-0.2, -0.15) is 0 Å². The van der Waals surface area contributed by atoms with E-state index in [4.69, 9.17) is 4.74 Å². The van der Waals surface area contributed by atoms with Crippen molar-refractivity contribution in [1.29, 1.82) is 0 Å². The molecule has 0 radical (unpaired) electrons. The molecule has 0 saturated heterocycles. The van der Waals surface area contributed by atoms with Gasteiger partial charge in [-0.1, -0.05) is 11.3 Å². The fraction of sp³-hybridized carbons (Fsp3) is 0.857. The molecule has 0 atom stereocenters. The summed E-state index contributed by atoms with van der Waals surface area (Å²) < 4.78 is 5.72. The Kier molecular flexibility index (Phi) is 5.74. The quantitative estimate of drug-likeness (QED) is 0.758. The van der Waals surface area contributed by atoms with Crippen LogP contribution in [0, 0.1) is 0 Å². The van der Waals surface area contributed by atoms with Crippen LogP contribution < -0.4 is 10.1 Å². The molecule has 1 aromatic heterocycles. The van der Waals surface area contributed by atoms with E-state index in [1.807, 2.05) is 0 Å². The highest BCUT2D eigenvalue weighted by Crippen LogP contribution is 2.22. The maximum absolute atomic E-state index is 5.72. The molecule has 0 spiro atoms. The van der Waals surface area contributed by atoms with Crippen LogP contribution in [0.3, 0.4) is 0 Å². The first-order valence-electron chi connectivity index (χ1n) is 7.50. The SMILES string of the molecule is CC(C)N(CCOc1nnc(CNC2CC2)s1)C(C)C. The van der Waals surface area contributed by atoms with Crippen molar-refractivity contribution < 1.29 is 4.74 Å². The van der Waals surface area contributed by atoms with E-state index in [1.54, 1.807) is 11.3 Å². The Morgan fingerprint density at radius 3 is 2.55 bits per heavy atom. The summed E-state index contributed by atoms with van der Waals surface area (Å²) in [4.78, 5) is 2.41. The topological polar surface area (TPSA) is 50.3 Å². The van der Waals surface area contributed by atoms with Crippen LogP contribution in [-0.4, -0.2) is 46.4 Å². The molecular weight excluding hydrogens is 272 g/mol. The van der Waals surface area contributed by atoms with Crippen LogP contribution in [0.15, 0.2) is 0 Å². The van der Waals surface area contributed by atoms with Gasteiger partial charge < -0.3 is 10.1 Å². The lowest BCUT2D eigenvalue weighted by Crippen LogP contribution is -2.39. The van der Waals surface area contributed by atoms with Crippen molar-refractivity contribution in [3.05, 3.63) is 5.01 Å². The number of rotatable bonds is 9. The molecule has 2 rings (SSSR count). The summed E-state index contributed by atoms with van der Waals surface area (Å²) in [5.74, 6) is 0. The van der Waals surface area contributed by atoms with E-state index in [9.17, 15) is 0 Å². The summed E-state index contributed by atoms with van der Waals surface area (Å²) in [6, 6.07) is 1.77. The maximum atomic E-state index is 5.72. The van der Waals surface area contributed by atoms with Crippen LogP contribution in [-0.2, 0) is 6.54 Å². The normalized spacial score (nSPS) is 15.6. The first-order chi connectivity index (χ1) is 9.56. The van der Waals surface area contributed by atoms with Crippen LogP contribution in [0.1, 0.15) is 45.5 Å². The van der Waals surface area contributed by atoms with Gasteiger partial charge in [0.1, 0.15) is 11.6 Å². The second kappa shape index (κ2) is 7.33. The molecule has 20 heavy (non-hydrogen) atoms. The molecule has 5 nitrogen and oxygen atoms in total. The molecule has 1 saturated carbocycles. The number of ether oxygens (including phenoxy) is 1. The van der Waals surface area contributed by atoms with E-state index in [2.05, 4.69) is 48.1 Å². The van der Waals surface area contributed by atoms with Crippen molar-refractivity contribution in [3.63, 3.8) is 0 Å². The van der Waals surface area contributed by atoms with E-state index in [1.165, 1.54) is 12.8 Å². The number of nitrogens with one attached hydrogen (secondary N) is 1. The first-order valence-corrected chi connectivity index (χ1v) is 8.32. The average molecular weight is 298 g/mol. The second-order valence-corrected chi connectivity index (χ2v) is 6.92. The lowest BCUT2D eigenvalue weighted by molar-refractivity contribution is 0.141. The maximum Gasteiger partial charge on any atom is 0.294 e. The van der Waals surface area contributed by atoms with Crippen molar-refractivity contribution in [2.45, 2.75) is 65.2 Å². The summed E-state index contributed by atoms with van der Waals surface area (Å²) in [7, 11) is 0. The third kappa shape index (κ3) is 5.00. The predicted octanol–water partition coefficient (Wildman–Crippen LogP) is 2.29. The standard InChI is InChI=1S/C14H26N4OS/c1-10(2)18(11(3)4)7-8-19-14-17-16-13(20-14)9-15-12-5-6-12/h10-12,15H,5-9H2,1-4H3. The summed E-state index contributed by atoms with van der Waals surface area (Å²) in [6.45, 7) is 11.3. The van der Waals surface area contributed by atoms with Crippen molar-refractivity contribution in [1.82, 2.24) is 20.4 Å². The van der Waals surface area contributed by atoms with Crippen molar-refractivity contribution in [3.8, 4) is 5.19 Å². The molecule has 1 N–H and O–H groups in total. The van der Waals surface area contributed by atoms with Crippen LogP contribution in [0.4, 0.5) is 0 Å². The third-order valence-corrected chi connectivity index (χ3v) is 4.30. The van der Waals surface area contributed by atoms with Gasteiger partial charge in [0, 0.05) is 24.7 Å². The lowest BCUT2D eigenvalue weighted by Gasteiger charge is -2.29. The van der Waals surface area contributed by atoms with Crippen LogP contribution >= 0.6 is 11.3 Å². The molecule has 0 bridgehead atoms. The molecule has 0 aliphatic heterocycles. The smallest absolute Gasteiger partial charge is 0.294 e. The van der Waals surface area contributed by atoms with E-state index < -0.39 is 0 Å². The Labute approximate surface area is 125 Å². The summed E-state index contributed by atoms with van der Waals surface area (Å²) in [6.07, 6.45) is 2.59. The average Bonchev–Trinajstić information content (AvgIpc) is 3.10. The zero-order valence-corrected chi connectivity index (χ0v) is 13.7. The van der Waals surface area contributed by atoms with Gasteiger partial charge in [-0.15, -0.1) is 10.2 Å². The van der Waals surface area contributed by atoms with Gasteiger partial charge in [-0.3, -0.25) is 4.90 Å². The lowest BCUT2D eigenvalue weighted by atomic mass is 10.2. The molecule has 0 amide bonds.